The van der Waals surface area contributed by atoms with Crippen LogP contribution in [0.1, 0.15) is 11.1 Å². The lowest BCUT2D eigenvalue weighted by molar-refractivity contribution is 0.122. The molecule has 8 heteroatoms. The molecule has 8 nitrogen and oxygen atoms in total. The van der Waals surface area contributed by atoms with Gasteiger partial charge in [-0.05, 0) is 30.3 Å². The Labute approximate surface area is 193 Å². The molecule has 2 aromatic rings. The van der Waals surface area contributed by atoms with E-state index in [9.17, 15) is 0 Å². The third-order valence-electron chi connectivity index (χ3n) is 6.33. The van der Waals surface area contributed by atoms with E-state index in [-0.39, 0.29) is 0 Å². The molecule has 4 heterocycles. The maximum Gasteiger partial charge on any atom is 0.174 e. The lowest BCUT2D eigenvalue weighted by Gasteiger charge is -2.29. The van der Waals surface area contributed by atoms with Gasteiger partial charge >= 0.3 is 0 Å². The Hall–Kier alpha value is -3.36. The number of fused-ring (bicyclic) bond motifs is 2. The van der Waals surface area contributed by atoms with E-state index >= 15 is 0 Å². The van der Waals surface area contributed by atoms with Crippen molar-refractivity contribution in [2.75, 3.05) is 68.1 Å². The summed E-state index contributed by atoms with van der Waals surface area (Å²) in [5, 5.41) is 6.98. The lowest BCUT2D eigenvalue weighted by Crippen LogP contribution is -2.37. The van der Waals surface area contributed by atoms with Crippen LogP contribution in [0.15, 0.2) is 58.6 Å². The van der Waals surface area contributed by atoms with Crippen LogP contribution >= 0.6 is 0 Å². The summed E-state index contributed by atoms with van der Waals surface area (Å²) in [6.45, 7) is 7.25. The summed E-state index contributed by atoms with van der Waals surface area (Å²) in [4.78, 5) is 14.2. The predicted octanol–water partition coefficient (Wildman–Crippen LogP) is 3.00. The van der Waals surface area contributed by atoms with Gasteiger partial charge in [-0.2, -0.15) is 0 Å². The molecule has 6 rings (SSSR count). The monoisotopic (exact) mass is 444 g/mol. The second-order valence-corrected chi connectivity index (χ2v) is 8.50. The third-order valence-corrected chi connectivity index (χ3v) is 6.33. The van der Waals surface area contributed by atoms with Crippen molar-refractivity contribution in [1.29, 1.82) is 0 Å². The average Bonchev–Trinajstić information content (AvgIpc) is 3.22. The number of hydrogen-bond donors (Lipinski definition) is 2. The summed E-state index contributed by atoms with van der Waals surface area (Å²) >= 11 is 0. The van der Waals surface area contributed by atoms with Gasteiger partial charge in [0.1, 0.15) is 0 Å². The molecule has 4 aliphatic rings. The highest BCUT2D eigenvalue weighted by Crippen LogP contribution is 2.29. The smallest absolute Gasteiger partial charge is 0.174 e. The summed E-state index contributed by atoms with van der Waals surface area (Å²) in [6, 6.07) is 15.0. The van der Waals surface area contributed by atoms with Crippen molar-refractivity contribution in [3.05, 3.63) is 59.8 Å². The fourth-order valence-electron chi connectivity index (χ4n) is 4.55. The van der Waals surface area contributed by atoms with Crippen molar-refractivity contribution in [2.45, 2.75) is 6.61 Å². The largest absolute Gasteiger partial charge is 0.382 e. The van der Waals surface area contributed by atoms with Crippen LogP contribution in [-0.2, 0) is 16.1 Å². The molecule has 1 saturated heterocycles. The molecule has 4 aliphatic heterocycles. The Morgan fingerprint density at radius 2 is 1.82 bits per heavy atom. The van der Waals surface area contributed by atoms with Crippen molar-refractivity contribution in [1.82, 2.24) is 4.90 Å². The minimum Gasteiger partial charge on any atom is -0.382 e. The van der Waals surface area contributed by atoms with E-state index in [2.05, 4.69) is 69.1 Å². The summed E-state index contributed by atoms with van der Waals surface area (Å²) in [7, 11) is 0. The molecular formula is C25H28N6O2. The molecule has 2 N–H and O–H groups in total. The SMILES string of the molecule is C1=C(c2ccc3c(c2)NCCOC3)N=C(Nc2ccc(N3CCOCC3)cc2)C2=NCCN12. The molecular weight excluding hydrogens is 416 g/mol. The molecule has 0 aliphatic carbocycles. The molecule has 0 bridgehead atoms. The molecule has 0 spiro atoms. The predicted molar refractivity (Wildman–Crippen MR) is 132 cm³/mol. The van der Waals surface area contributed by atoms with Gasteiger partial charge in [0.2, 0.25) is 0 Å². The molecule has 0 aromatic heterocycles. The minimum absolute atomic E-state index is 0.640. The minimum atomic E-state index is 0.640. The maximum atomic E-state index is 5.65. The molecule has 0 saturated carbocycles. The normalized spacial score (nSPS) is 20.1. The van der Waals surface area contributed by atoms with Gasteiger partial charge in [0.15, 0.2) is 11.7 Å². The fourth-order valence-corrected chi connectivity index (χ4v) is 4.55. The number of anilines is 3. The van der Waals surface area contributed by atoms with Gasteiger partial charge < -0.3 is 29.9 Å². The fraction of sp³-hybridized carbons (Fsp3) is 0.360. The van der Waals surface area contributed by atoms with Crippen LogP contribution in [0.5, 0.6) is 0 Å². The van der Waals surface area contributed by atoms with Gasteiger partial charge in [-0.15, -0.1) is 0 Å². The number of nitrogens with zero attached hydrogens (tertiary/aromatic N) is 4. The highest BCUT2D eigenvalue weighted by molar-refractivity contribution is 6.46. The molecule has 0 unspecified atom stereocenters. The summed E-state index contributed by atoms with van der Waals surface area (Å²) in [5.74, 6) is 1.69. The van der Waals surface area contributed by atoms with Gasteiger partial charge in [0.05, 0.1) is 38.7 Å². The van der Waals surface area contributed by atoms with Crippen molar-refractivity contribution in [3.8, 4) is 0 Å². The highest BCUT2D eigenvalue weighted by Gasteiger charge is 2.26. The zero-order valence-corrected chi connectivity index (χ0v) is 18.6. The summed E-state index contributed by atoms with van der Waals surface area (Å²) < 4.78 is 11.1. The van der Waals surface area contributed by atoms with Crippen molar-refractivity contribution >= 4 is 34.4 Å². The lowest BCUT2D eigenvalue weighted by atomic mass is 10.1. The van der Waals surface area contributed by atoms with E-state index in [1.807, 2.05) is 0 Å². The highest BCUT2D eigenvalue weighted by atomic mass is 16.5. The molecule has 170 valence electrons. The van der Waals surface area contributed by atoms with Crippen LogP contribution in [0.4, 0.5) is 17.1 Å². The van der Waals surface area contributed by atoms with Crippen LogP contribution < -0.4 is 15.5 Å². The maximum absolute atomic E-state index is 5.65. The number of amidine groups is 2. The first-order valence-electron chi connectivity index (χ1n) is 11.6. The van der Waals surface area contributed by atoms with Crippen molar-refractivity contribution in [3.63, 3.8) is 0 Å². The van der Waals surface area contributed by atoms with E-state index in [1.165, 1.54) is 11.3 Å². The summed E-state index contributed by atoms with van der Waals surface area (Å²) in [6.07, 6.45) is 2.10. The first-order chi connectivity index (χ1) is 16.3. The third kappa shape index (κ3) is 4.19. The second-order valence-electron chi connectivity index (χ2n) is 8.50. The average molecular weight is 445 g/mol. The zero-order chi connectivity index (χ0) is 22.0. The van der Waals surface area contributed by atoms with Crippen LogP contribution in [0.2, 0.25) is 0 Å². The quantitative estimate of drug-likeness (QED) is 0.758. The first kappa shape index (κ1) is 20.3. The Balaban J connectivity index is 1.26. The number of hydrogen-bond acceptors (Lipinski definition) is 8. The molecule has 1 fully saturated rings. The number of aliphatic imine (C=N–C) groups is 2. The Kier molecular flexibility index (Phi) is 5.45. The number of rotatable bonds is 3. The van der Waals surface area contributed by atoms with Gasteiger partial charge in [0.25, 0.3) is 0 Å². The van der Waals surface area contributed by atoms with Crippen LogP contribution in [0.25, 0.3) is 5.70 Å². The molecule has 0 amide bonds. The van der Waals surface area contributed by atoms with Gasteiger partial charge in [0, 0.05) is 60.6 Å². The molecule has 2 aromatic carbocycles. The van der Waals surface area contributed by atoms with Crippen molar-refractivity contribution < 1.29 is 9.47 Å². The van der Waals surface area contributed by atoms with E-state index < -0.39 is 0 Å². The van der Waals surface area contributed by atoms with E-state index in [1.54, 1.807) is 0 Å². The second kappa shape index (κ2) is 8.88. The number of benzene rings is 2. The number of nitrogens with one attached hydrogen (secondary N) is 2. The standard InChI is InChI=1S/C25H28N6O2/c1-2-19-17-33-12-8-26-22(19)15-18(1)23-16-31-9-7-27-25(31)24(29-23)28-20-3-5-21(6-4-20)30-10-13-32-14-11-30/h1-6,15-16,26H,7-14,17H2,(H,28,29). The number of morpholine rings is 1. The van der Waals surface area contributed by atoms with Gasteiger partial charge in [-0.3, -0.25) is 4.99 Å². The van der Waals surface area contributed by atoms with Crippen LogP contribution in [0, 0.1) is 0 Å². The zero-order valence-electron chi connectivity index (χ0n) is 18.6. The van der Waals surface area contributed by atoms with E-state index in [0.29, 0.717) is 6.61 Å². The van der Waals surface area contributed by atoms with Gasteiger partial charge in [-0.25, -0.2) is 4.99 Å². The Morgan fingerprint density at radius 3 is 2.70 bits per heavy atom. The van der Waals surface area contributed by atoms with E-state index in [4.69, 9.17) is 19.5 Å². The topological polar surface area (TPSA) is 73.7 Å². The Morgan fingerprint density at radius 1 is 0.939 bits per heavy atom. The molecule has 0 atom stereocenters. The Bertz CT molecular complexity index is 1120. The summed E-state index contributed by atoms with van der Waals surface area (Å²) in [5.41, 5.74) is 6.53. The molecule has 33 heavy (non-hydrogen) atoms. The first-order valence-corrected chi connectivity index (χ1v) is 11.6. The number of ether oxygens (including phenoxy) is 2. The van der Waals surface area contributed by atoms with E-state index in [0.717, 1.165) is 86.9 Å². The molecule has 0 radical (unpaired) electrons. The van der Waals surface area contributed by atoms with Crippen LogP contribution in [0.3, 0.4) is 0 Å². The van der Waals surface area contributed by atoms with Crippen molar-refractivity contribution in [2.24, 2.45) is 9.98 Å². The van der Waals surface area contributed by atoms with Crippen LogP contribution in [-0.4, -0.2) is 69.1 Å². The van der Waals surface area contributed by atoms with Gasteiger partial charge in [-0.1, -0.05) is 12.1 Å².